The van der Waals surface area contributed by atoms with Crippen LogP contribution < -0.4 is 0 Å². The average molecular weight is 282 g/mol. The van der Waals surface area contributed by atoms with Crippen molar-refractivity contribution in [2.75, 3.05) is 33.3 Å². The van der Waals surface area contributed by atoms with Crippen molar-refractivity contribution >= 4 is 23.2 Å². The van der Waals surface area contributed by atoms with Crippen LogP contribution in [0.15, 0.2) is 17.5 Å². The van der Waals surface area contributed by atoms with Gasteiger partial charge in [-0.05, 0) is 18.4 Å². The van der Waals surface area contributed by atoms with E-state index in [2.05, 4.69) is 0 Å². The Hall–Kier alpha value is -1.40. The van der Waals surface area contributed by atoms with Crippen LogP contribution in [0.4, 0.5) is 0 Å². The number of piperazine rings is 1. The van der Waals surface area contributed by atoms with Gasteiger partial charge in [0, 0.05) is 26.2 Å². The van der Waals surface area contributed by atoms with Gasteiger partial charge in [0.2, 0.25) is 0 Å². The van der Waals surface area contributed by atoms with Crippen molar-refractivity contribution in [2.45, 2.75) is 13.0 Å². The molecule has 0 aliphatic carbocycles. The van der Waals surface area contributed by atoms with Gasteiger partial charge in [0.05, 0.1) is 12.0 Å². The van der Waals surface area contributed by atoms with Gasteiger partial charge >= 0.3 is 5.97 Å². The fraction of sp³-hybridized carbons (Fsp3) is 0.538. The molecule has 1 unspecified atom stereocenters. The number of methoxy groups -OCH3 is 1. The molecule has 1 aliphatic rings. The Labute approximate surface area is 116 Å². The summed E-state index contributed by atoms with van der Waals surface area (Å²) in [5, 5.41) is 1.91. The molecule has 0 saturated carbocycles. The number of nitrogens with zero attached hydrogens (tertiary/aromatic N) is 2. The van der Waals surface area contributed by atoms with E-state index in [1.165, 1.54) is 18.4 Å². The van der Waals surface area contributed by atoms with Crippen LogP contribution in [0, 0.1) is 0 Å². The zero-order valence-electron chi connectivity index (χ0n) is 11.2. The van der Waals surface area contributed by atoms with Crippen LogP contribution >= 0.6 is 11.3 Å². The molecule has 0 radical (unpaired) electrons. The summed E-state index contributed by atoms with van der Waals surface area (Å²) in [6, 6.07) is 3.48. The topological polar surface area (TPSA) is 49.9 Å². The summed E-state index contributed by atoms with van der Waals surface area (Å²) in [4.78, 5) is 28.3. The van der Waals surface area contributed by atoms with Crippen molar-refractivity contribution in [3.05, 3.63) is 22.4 Å². The molecule has 104 valence electrons. The molecule has 1 atom stereocenters. The first-order chi connectivity index (χ1) is 9.13. The van der Waals surface area contributed by atoms with Gasteiger partial charge in [-0.1, -0.05) is 6.07 Å². The van der Waals surface area contributed by atoms with Crippen LogP contribution in [0.3, 0.4) is 0 Å². The van der Waals surface area contributed by atoms with Gasteiger partial charge < -0.3 is 9.64 Å². The lowest BCUT2D eigenvalue weighted by Gasteiger charge is -2.36. The molecule has 2 rings (SSSR count). The Morgan fingerprint density at radius 2 is 2.00 bits per heavy atom. The van der Waals surface area contributed by atoms with E-state index in [4.69, 9.17) is 4.74 Å². The number of carbonyl (C=O) groups is 2. The molecular weight excluding hydrogens is 264 g/mol. The molecule has 5 nitrogen and oxygen atoms in total. The summed E-state index contributed by atoms with van der Waals surface area (Å²) < 4.78 is 4.74. The van der Waals surface area contributed by atoms with Crippen LogP contribution in [0.25, 0.3) is 0 Å². The lowest BCUT2D eigenvalue weighted by atomic mass is 10.2. The summed E-state index contributed by atoms with van der Waals surface area (Å²) >= 11 is 1.46. The first-order valence-corrected chi connectivity index (χ1v) is 7.16. The third-order valence-electron chi connectivity index (χ3n) is 3.42. The van der Waals surface area contributed by atoms with E-state index < -0.39 is 0 Å². The number of amides is 1. The number of hydrogen-bond donors (Lipinski definition) is 0. The molecule has 1 aromatic rings. The summed E-state index contributed by atoms with van der Waals surface area (Å²) in [6.07, 6.45) is 0. The van der Waals surface area contributed by atoms with E-state index in [-0.39, 0.29) is 17.9 Å². The second kappa shape index (κ2) is 6.16. The molecule has 1 amide bonds. The van der Waals surface area contributed by atoms with Crippen molar-refractivity contribution < 1.29 is 14.3 Å². The lowest BCUT2D eigenvalue weighted by Crippen LogP contribution is -2.53. The molecule has 19 heavy (non-hydrogen) atoms. The largest absolute Gasteiger partial charge is 0.468 e. The molecule has 1 aromatic heterocycles. The Kier molecular flexibility index (Phi) is 4.55. The number of rotatable bonds is 3. The van der Waals surface area contributed by atoms with E-state index in [1.807, 2.05) is 34.2 Å². The molecule has 1 saturated heterocycles. The smallest absolute Gasteiger partial charge is 0.322 e. The van der Waals surface area contributed by atoms with Crippen LogP contribution in [0.1, 0.15) is 16.6 Å². The van der Waals surface area contributed by atoms with Crippen molar-refractivity contribution in [3.63, 3.8) is 0 Å². The number of carbonyl (C=O) groups excluding carboxylic acids is 2. The van der Waals surface area contributed by atoms with Crippen molar-refractivity contribution in [1.29, 1.82) is 0 Å². The van der Waals surface area contributed by atoms with Crippen LogP contribution in [0.5, 0.6) is 0 Å². The average Bonchev–Trinajstić information content (AvgIpc) is 2.99. The molecule has 0 spiro atoms. The zero-order chi connectivity index (χ0) is 13.8. The number of ether oxygens (including phenoxy) is 1. The second-order valence-corrected chi connectivity index (χ2v) is 5.45. The number of thiophene rings is 1. The minimum Gasteiger partial charge on any atom is -0.468 e. The van der Waals surface area contributed by atoms with E-state index in [0.717, 1.165) is 4.88 Å². The van der Waals surface area contributed by atoms with Gasteiger partial charge in [0.1, 0.15) is 6.04 Å². The highest BCUT2D eigenvalue weighted by Gasteiger charge is 2.28. The zero-order valence-corrected chi connectivity index (χ0v) is 12.0. The number of esters is 1. The molecule has 0 bridgehead atoms. The Balaban J connectivity index is 1.89. The first kappa shape index (κ1) is 14.0. The normalized spacial score (nSPS) is 18.1. The maximum atomic E-state index is 12.2. The van der Waals surface area contributed by atoms with Gasteiger partial charge in [-0.3, -0.25) is 14.5 Å². The first-order valence-electron chi connectivity index (χ1n) is 6.28. The Bertz CT molecular complexity index is 439. The van der Waals surface area contributed by atoms with Crippen LogP contribution in [0.2, 0.25) is 0 Å². The third-order valence-corrected chi connectivity index (χ3v) is 4.28. The second-order valence-electron chi connectivity index (χ2n) is 4.50. The fourth-order valence-electron chi connectivity index (χ4n) is 2.19. The van der Waals surface area contributed by atoms with Gasteiger partial charge in [0.15, 0.2) is 0 Å². The van der Waals surface area contributed by atoms with Crippen LogP contribution in [-0.2, 0) is 9.53 Å². The summed E-state index contributed by atoms with van der Waals surface area (Å²) in [7, 11) is 1.40. The Morgan fingerprint density at radius 3 is 2.53 bits per heavy atom. The predicted octanol–water partition coefficient (Wildman–Crippen LogP) is 1.07. The maximum absolute atomic E-state index is 12.2. The van der Waals surface area contributed by atoms with E-state index >= 15 is 0 Å². The van der Waals surface area contributed by atoms with Crippen LogP contribution in [-0.4, -0.2) is 61.0 Å². The van der Waals surface area contributed by atoms with E-state index in [0.29, 0.717) is 26.2 Å². The highest BCUT2D eigenvalue weighted by Crippen LogP contribution is 2.15. The minimum atomic E-state index is -0.246. The monoisotopic (exact) mass is 282 g/mol. The molecule has 0 N–H and O–H groups in total. The van der Waals surface area contributed by atoms with Crippen molar-refractivity contribution in [3.8, 4) is 0 Å². The van der Waals surface area contributed by atoms with Crippen molar-refractivity contribution in [2.24, 2.45) is 0 Å². The summed E-state index contributed by atoms with van der Waals surface area (Å²) in [5.74, 6) is -0.140. The van der Waals surface area contributed by atoms with Gasteiger partial charge in [-0.2, -0.15) is 0 Å². The van der Waals surface area contributed by atoms with Gasteiger partial charge in [0.25, 0.3) is 5.91 Å². The maximum Gasteiger partial charge on any atom is 0.322 e. The molecular formula is C13H18N2O3S. The summed E-state index contributed by atoms with van der Waals surface area (Å²) in [5.41, 5.74) is 0. The minimum absolute atomic E-state index is 0.0837. The molecule has 2 heterocycles. The molecule has 1 aliphatic heterocycles. The fourth-order valence-corrected chi connectivity index (χ4v) is 2.88. The van der Waals surface area contributed by atoms with E-state index in [9.17, 15) is 9.59 Å². The highest BCUT2D eigenvalue weighted by molar-refractivity contribution is 7.12. The lowest BCUT2D eigenvalue weighted by molar-refractivity contribution is -0.146. The number of hydrogen-bond acceptors (Lipinski definition) is 5. The van der Waals surface area contributed by atoms with Gasteiger partial charge in [-0.15, -0.1) is 11.3 Å². The summed E-state index contributed by atoms with van der Waals surface area (Å²) in [6.45, 7) is 4.54. The van der Waals surface area contributed by atoms with Crippen molar-refractivity contribution in [1.82, 2.24) is 9.80 Å². The van der Waals surface area contributed by atoms with Gasteiger partial charge in [-0.25, -0.2) is 0 Å². The van der Waals surface area contributed by atoms with E-state index in [1.54, 1.807) is 0 Å². The third kappa shape index (κ3) is 3.13. The SMILES string of the molecule is COC(=O)C(C)N1CCN(C(=O)c2cccs2)CC1. The predicted molar refractivity (Wildman–Crippen MR) is 73.3 cm³/mol. The molecule has 0 aromatic carbocycles. The highest BCUT2D eigenvalue weighted by atomic mass is 32.1. The standard InChI is InChI=1S/C13H18N2O3S/c1-10(13(17)18-2)14-5-7-15(8-6-14)12(16)11-4-3-9-19-11/h3-4,9-10H,5-8H2,1-2H3. The molecule has 1 fully saturated rings. The Morgan fingerprint density at radius 1 is 1.32 bits per heavy atom. The quantitative estimate of drug-likeness (QED) is 0.778. The molecule has 6 heteroatoms.